The van der Waals surface area contributed by atoms with Crippen molar-refractivity contribution in [2.45, 2.75) is 25.7 Å². The lowest BCUT2D eigenvalue weighted by molar-refractivity contribution is 0.0948. The van der Waals surface area contributed by atoms with E-state index in [-0.39, 0.29) is 11.7 Å². The first-order chi connectivity index (χ1) is 11.4. The quantitative estimate of drug-likeness (QED) is 0.499. The molecule has 1 aromatic carbocycles. The zero-order valence-electron chi connectivity index (χ0n) is 15.5. The molecule has 0 bridgehead atoms. The third-order valence-electron chi connectivity index (χ3n) is 3.80. The molecule has 0 aliphatic rings. The number of Topliss-reactive ketones (excluding diaryl/α,β-unsaturated/α-hetero) is 1. The maximum atomic E-state index is 12.1. The van der Waals surface area contributed by atoms with E-state index in [0.717, 1.165) is 32.4 Å². The van der Waals surface area contributed by atoms with Gasteiger partial charge in [-0.15, -0.1) is 0 Å². The molecule has 5 nitrogen and oxygen atoms in total. The molecule has 0 aliphatic heterocycles. The zero-order valence-corrected chi connectivity index (χ0v) is 15.5. The molecule has 0 radical (unpaired) electrons. The molecule has 0 saturated heterocycles. The van der Waals surface area contributed by atoms with E-state index in [4.69, 9.17) is 0 Å². The molecular formula is C19H31N3O2. The van der Waals surface area contributed by atoms with Crippen molar-refractivity contribution < 1.29 is 9.59 Å². The van der Waals surface area contributed by atoms with Crippen molar-refractivity contribution in [2.24, 2.45) is 0 Å². The molecule has 0 aliphatic carbocycles. The largest absolute Gasteiger partial charge is 0.352 e. The summed E-state index contributed by atoms with van der Waals surface area (Å²) in [5.41, 5.74) is 1.29. The second-order valence-electron chi connectivity index (χ2n) is 6.67. The number of nitrogens with zero attached hydrogens (tertiary/aromatic N) is 2. The zero-order chi connectivity index (χ0) is 17.9. The van der Waals surface area contributed by atoms with E-state index in [1.807, 2.05) is 28.2 Å². The lowest BCUT2D eigenvalue weighted by atomic mass is 10.0. The van der Waals surface area contributed by atoms with Crippen molar-refractivity contribution in [2.75, 3.05) is 47.8 Å². The predicted octanol–water partition coefficient (Wildman–Crippen LogP) is 2.28. The topological polar surface area (TPSA) is 52.7 Å². The molecule has 0 aromatic heterocycles. The summed E-state index contributed by atoms with van der Waals surface area (Å²) in [4.78, 5) is 28.4. The van der Waals surface area contributed by atoms with Crippen LogP contribution in [0.25, 0.3) is 0 Å². The van der Waals surface area contributed by atoms with E-state index in [2.05, 4.69) is 15.1 Å². The molecule has 0 spiro atoms. The number of ketones is 1. The van der Waals surface area contributed by atoms with E-state index >= 15 is 0 Å². The summed E-state index contributed by atoms with van der Waals surface area (Å²) in [5.74, 6) is 0.0606. The maximum Gasteiger partial charge on any atom is 0.251 e. The Labute approximate surface area is 146 Å². The molecular weight excluding hydrogens is 302 g/mol. The van der Waals surface area contributed by atoms with Gasteiger partial charge in [-0.25, -0.2) is 0 Å². The van der Waals surface area contributed by atoms with Gasteiger partial charge in [0.1, 0.15) is 0 Å². The average Bonchev–Trinajstić information content (AvgIpc) is 2.55. The highest BCUT2D eigenvalue weighted by Crippen LogP contribution is 2.09. The summed E-state index contributed by atoms with van der Waals surface area (Å²) in [6.45, 7) is 2.60. The van der Waals surface area contributed by atoms with Crippen LogP contribution in [0.3, 0.4) is 0 Å². The Morgan fingerprint density at radius 1 is 0.833 bits per heavy atom. The van der Waals surface area contributed by atoms with E-state index in [1.54, 1.807) is 24.3 Å². The second kappa shape index (κ2) is 10.9. The van der Waals surface area contributed by atoms with Crippen LogP contribution >= 0.6 is 0 Å². The van der Waals surface area contributed by atoms with Crippen LogP contribution < -0.4 is 5.32 Å². The fourth-order valence-corrected chi connectivity index (χ4v) is 2.36. The molecule has 1 aromatic rings. The van der Waals surface area contributed by atoms with Crippen LogP contribution in [0.4, 0.5) is 0 Å². The van der Waals surface area contributed by atoms with Gasteiger partial charge in [0.05, 0.1) is 0 Å². The fraction of sp³-hybridized carbons (Fsp3) is 0.579. The standard InChI is InChI=1S/C19H31N3O2/c1-21(2)14-6-5-8-18(23)16-9-11-17(12-10-16)19(24)20-13-7-15-22(3)4/h9-12H,5-8,13-15H2,1-4H3,(H,20,24). The normalized spacial score (nSPS) is 11.1. The highest BCUT2D eigenvalue weighted by atomic mass is 16.1. The molecule has 134 valence electrons. The van der Waals surface area contributed by atoms with Gasteiger partial charge in [-0.05, 0) is 72.7 Å². The maximum absolute atomic E-state index is 12.1. The minimum absolute atomic E-state index is 0.0845. The monoisotopic (exact) mass is 333 g/mol. The third kappa shape index (κ3) is 8.22. The highest BCUT2D eigenvalue weighted by molar-refractivity contribution is 5.98. The first-order valence-corrected chi connectivity index (χ1v) is 8.61. The average molecular weight is 333 g/mol. The van der Waals surface area contributed by atoms with E-state index < -0.39 is 0 Å². The first kappa shape index (κ1) is 20.3. The van der Waals surface area contributed by atoms with E-state index in [0.29, 0.717) is 24.1 Å². The lowest BCUT2D eigenvalue weighted by Crippen LogP contribution is -2.27. The number of rotatable bonds is 11. The van der Waals surface area contributed by atoms with E-state index in [9.17, 15) is 9.59 Å². The van der Waals surface area contributed by atoms with Crippen LogP contribution in [-0.2, 0) is 0 Å². The van der Waals surface area contributed by atoms with Gasteiger partial charge in [-0.1, -0.05) is 12.1 Å². The van der Waals surface area contributed by atoms with E-state index in [1.165, 1.54) is 0 Å². The minimum Gasteiger partial charge on any atom is -0.352 e. The second-order valence-corrected chi connectivity index (χ2v) is 6.67. The Bertz CT molecular complexity index is 463. The van der Waals surface area contributed by atoms with Crippen molar-refractivity contribution in [1.82, 2.24) is 15.1 Å². The van der Waals surface area contributed by atoms with Gasteiger partial charge in [0, 0.05) is 24.1 Å². The molecule has 0 fully saturated rings. The van der Waals surface area contributed by atoms with Crippen molar-refractivity contribution in [1.29, 1.82) is 0 Å². The Morgan fingerprint density at radius 3 is 1.96 bits per heavy atom. The Balaban J connectivity index is 2.38. The van der Waals surface area contributed by atoms with Crippen LogP contribution in [0.15, 0.2) is 24.3 Å². The lowest BCUT2D eigenvalue weighted by Gasteiger charge is -2.10. The van der Waals surface area contributed by atoms with Gasteiger partial charge in [-0.3, -0.25) is 9.59 Å². The number of hydrogen-bond acceptors (Lipinski definition) is 4. The van der Waals surface area contributed by atoms with Gasteiger partial charge in [0.25, 0.3) is 5.91 Å². The summed E-state index contributed by atoms with van der Waals surface area (Å²) >= 11 is 0. The summed E-state index contributed by atoms with van der Waals surface area (Å²) in [5, 5.41) is 2.90. The number of amides is 1. The number of benzene rings is 1. The van der Waals surface area contributed by atoms with Crippen molar-refractivity contribution in [3.05, 3.63) is 35.4 Å². The fourth-order valence-electron chi connectivity index (χ4n) is 2.36. The number of nitrogens with one attached hydrogen (secondary N) is 1. The Hall–Kier alpha value is -1.72. The molecule has 24 heavy (non-hydrogen) atoms. The summed E-state index contributed by atoms with van der Waals surface area (Å²) < 4.78 is 0. The number of unbranched alkanes of at least 4 members (excludes halogenated alkanes) is 1. The third-order valence-corrected chi connectivity index (χ3v) is 3.80. The number of carbonyl (C=O) groups is 2. The molecule has 0 atom stereocenters. The molecule has 0 heterocycles. The van der Waals surface area contributed by atoms with Crippen LogP contribution in [0.1, 0.15) is 46.4 Å². The molecule has 1 amide bonds. The van der Waals surface area contributed by atoms with Crippen LogP contribution in [0.5, 0.6) is 0 Å². The van der Waals surface area contributed by atoms with Crippen molar-refractivity contribution in [3.8, 4) is 0 Å². The SMILES string of the molecule is CN(C)CCCCC(=O)c1ccc(C(=O)NCCCN(C)C)cc1. The Kier molecular flexibility index (Phi) is 9.27. The van der Waals surface area contributed by atoms with Crippen molar-refractivity contribution >= 4 is 11.7 Å². The van der Waals surface area contributed by atoms with Gasteiger partial charge in [0.15, 0.2) is 5.78 Å². The first-order valence-electron chi connectivity index (χ1n) is 8.61. The summed E-state index contributed by atoms with van der Waals surface area (Å²) in [6.07, 6.45) is 3.39. The molecule has 1 rings (SSSR count). The van der Waals surface area contributed by atoms with Crippen LogP contribution in [0.2, 0.25) is 0 Å². The molecule has 5 heteroatoms. The van der Waals surface area contributed by atoms with Gasteiger partial charge in [-0.2, -0.15) is 0 Å². The summed E-state index contributed by atoms with van der Waals surface area (Å²) in [7, 11) is 8.09. The van der Waals surface area contributed by atoms with Gasteiger partial charge >= 0.3 is 0 Å². The molecule has 0 unspecified atom stereocenters. The summed E-state index contributed by atoms with van der Waals surface area (Å²) in [6, 6.07) is 6.97. The van der Waals surface area contributed by atoms with Crippen LogP contribution in [-0.4, -0.2) is 69.3 Å². The minimum atomic E-state index is -0.0845. The smallest absolute Gasteiger partial charge is 0.251 e. The van der Waals surface area contributed by atoms with Gasteiger partial charge < -0.3 is 15.1 Å². The van der Waals surface area contributed by atoms with Gasteiger partial charge in [0.2, 0.25) is 0 Å². The highest BCUT2D eigenvalue weighted by Gasteiger charge is 2.09. The van der Waals surface area contributed by atoms with Crippen LogP contribution in [0, 0.1) is 0 Å². The van der Waals surface area contributed by atoms with Crippen molar-refractivity contribution in [3.63, 3.8) is 0 Å². The number of hydrogen-bond donors (Lipinski definition) is 1. The molecule has 1 N–H and O–H groups in total. The Morgan fingerprint density at radius 2 is 1.38 bits per heavy atom. The molecule has 0 saturated carbocycles. The number of carbonyl (C=O) groups excluding carboxylic acids is 2. The predicted molar refractivity (Wildman–Crippen MR) is 98.7 cm³/mol.